The van der Waals surface area contributed by atoms with Crippen LogP contribution in [0.15, 0.2) is 18.7 Å². The molecule has 3 heterocycles. The number of amides is 1. The molecule has 29 heavy (non-hydrogen) atoms. The van der Waals surface area contributed by atoms with E-state index in [1.807, 2.05) is 6.92 Å². The Balaban J connectivity index is 1.72. The monoisotopic (exact) mass is 398 g/mol. The molecule has 3 aromatic rings. The second-order valence-corrected chi connectivity index (χ2v) is 7.12. The first-order valence-electron chi connectivity index (χ1n) is 9.19. The summed E-state index contributed by atoms with van der Waals surface area (Å²) >= 11 is 0. The van der Waals surface area contributed by atoms with Crippen molar-refractivity contribution in [3.8, 4) is 11.8 Å². The third kappa shape index (κ3) is 3.70. The van der Waals surface area contributed by atoms with Gasteiger partial charge in [-0.3, -0.25) is 4.79 Å². The lowest BCUT2D eigenvalue weighted by atomic mass is 10.2. The summed E-state index contributed by atoms with van der Waals surface area (Å²) in [6, 6.07) is 0. The molecule has 3 aromatic heterocycles. The van der Waals surface area contributed by atoms with Crippen molar-refractivity contribution in [2.45, 2.75) is 31.9 Å². The Bertz CT molecular complexity index is 1080. The average molecular weight is 398 g/mol. The Kier molecular flexibility index (Phi) is 4.79. The molecule has 1 saturated carbocycles. The normalized spacial score (nSPS) is 14.6. The van der Waals surface area contributed by atoms with Crippen LogP contribution in [0.2, 0.25) is 0 Å². The zero-order chi connectivity index (χ0) is 20.6. The predicted molar refractivity (Wildman–Crippen MR) is 103 cm³/mol. The smallest absolute Gasteiger partial charge is 0.255 e. The van der Waals surface area contributed by atoms with Gasteiger partial charge in [-0.25, -0.2) is 15.0 Å². The van der Waals surface area contributed by atoms with Crippen LogP contribution in [-0.4, -0.2) is 61.9 Å². The largest absolute Gasteiger partial charge is 0.481 e. The van der Waals surface area contributed by atoms with E-state index in [1.54, 1.807) is 17.9 Å². The SMILES string of the molecule is COc1cnc2c(C(=O)NCC3(O)CC3)cn(Cc3ncnc(OC)c3C)c2n1. The molecular formula is C19H22N6O4. The molecule has 0 atom stereocenters. The summed E-state index contributed by atoms with van der Waals surface area (Å²) in [6.07, 6.45) is 5.98. The van der Waals surface area contributed by atoms with Crippen LogP contribution < -0.4 is 14.8 Å². The molecule has 0 spiro atoms. The molecule has 0 unspecified atom stereocenters. The molecular weight excluding hydrogens is 376 g/mol. The summed E-state index contributed by atoms with van der Waals surface area (Å²) in [5.74, 6) is 0.518. The van der Waals surface area contributed by atoms with Gasteiger partial charge in [-0.2, -0.15) is 4.98 Å². The van der Waals surface area contributed by atoms with E-state index in [1.165, 1.54) is 19.6 Å². The highest BCUT2D eigenvalue weighted by atomic mass is 16.5. The van der Waals surface area contributed by atoms with Crippen molar-refractivity contribution in [1.29, 1.82) is 0 Å². The van der Waals surface area contributed by atoms with Gasteiger partial charge in [-0.15, -0.1) is 0 Å². The molecule has 0 radical (unpaired) electrons. The number of hydrogen-bond donors (Lipinski definition) is 2. The quantitative estimate of drug-likeness (QED) is 0.600. The minimum Gasteiger partial charge on any atom is -0.481 e. The van der Waals surface area contributed by atoms with Gasteiger partial charge in [0.2, 0.25) is 11.8 Å². The van der Waals surface area contributed by atoms with Gasteiger partial charge in [0.15, 0.2) is 5.65 Å². The van der Waals surface area contributed by atoms with Crippen LogP contribution in [0.4, 0.5) is 0 Å². The molecule has 0 aliphatic heterocycles. The highest BCUT2D eigenvalue weighted by Crippen LogP contribution is 2.34. The van der Waals surface area contributed by atoms with Crippen LogP contribution in [0.3, 0.4) is 0 Å². The Morgan fingerprint density at radius 1 is 1.28 bits per heavy atom. The van der Waals surface area contributed by atoms with Crippen LogP contribution in [0, 0.1) is 6.92 Å². The summed E-state index contributed by atoms with van der Waals surface area (Å²) in [7, 11) is 3.06. The number of methoxy groups -OCH3 is 2. The lowest BCUT2D eigenvalue weighted by Crippen LogP contribution is -2.33. The van der Waals surface area contributed by atoms with Crippen LogP contribution in [0.5, 0.6) is 11.8 Å². The zero-order valence-corrected chi connectivity index (χ0v) is 16.5. The number of ether oxygens (including phenoxy) is 2. The summed E-state index contributed by atoms with van der Waals surface area (Å²) in [6.45, 7) is 2.43. The van der Waals surface area contributed by atoms with E-state index in [4.69, 9.17) is 9.47 Å². The molecule has 1 aliphatic rings. The maximum absolute atomic E-state index is 12.7. The van der Waals surface area contributed by atoms with Crippen molar-refractivity contribution in [3.63, 3.8) is 0 Å². The average Bonchev–Trinajstić information content (AvgIpc) is 3.37. The van der Waals surface area contributed by atoms with Gasteiger partial charge < -0.3 is 24.5 Å². The van der Waals surface area contributed by atoms with Crippen molar-refractivity contribution in [2.75, 3.05) is 20.8 Å². The van der Waals surface area contributed by atoms with Gasteiger partial charge in [0, 0.05) is 18.3 Å². The number of carbonyl (C=O) groups excluding carboxylic acids is 1. The summed E-state index contributed by atoms with van der Waals surface area (Å²) in [5, 5.41) is 12.8. The molecule has 0 aromatic carbocycles. The van der Waals surface area contributed by atoms with Gasteiger partial charge in [0.25, 0.3) is 5.91 Å². The molecule has 2 N–H and O–H groups in total. The van der Waals surface area contributed by atoms with E-state index >= 15 is 0 Å². The third-order valence-electron chi connectivity index (χ3n) is 5.06. The van der Waals surface area contributed by atoms with Crippen molar-refractivity contribution in [2.24, 2.45) is 0 Å². The van der Waals surface area contributed by atoms with Gasteiger partial charge in [0.05, 0.1) is 43.8 Å². The number of nitrogens with one attached hydrogen (secondary N) is 1. The molecule has 4 rings (SSSR count). The Hall–Kier alpha value is -3.27. The third-order valence-corrected chi connectivity index (χ3v) is 5.06. The van der Waals surface area contributed by atoms with Gasteiger partial charge >= 0.3 is 0 Å². The van der Waals surface area contributed by atoms with E-state index < -0.39 is 5.60 Å². The van der Waals surface area contributed by atoms with Crippen molar-refractivity contribution < 1.29 is 19.4 Å². The van der Waals surface area contributed by atoms with Crippen LogP contribution in [0.1, 0.15) is 34.5 Å². The summed E-state index contributed by atoms with van der Waals surface area (Å²) in [5.41, 5.74) is 2.07. The predicted octanol–water partition coefficient (Wildman–Crippen LogP) is 0.850. The highest BCUT2D eigenvalue weighted by Gasteiger charge is 2.40. The van der Waals surface area contributed by atoms with Crippen molar-refractivity contribution in [1.82, 2.24) is 29.8 Å². The van der Waals surface area contributed by atoms with E-state index in [-0.39, 0.29) is 12.5 Å². The van der Waals surface area contributed by atoms with Gasteiger partial charge in [-0.1, -0.05) is 0 Å². The van der Waals surface area contributed by atoms with Crippen LogP contribution in [0.25, 0.3) is 11.2 Å². The molecule has 1 amide bonds. The molecule has 152 valence electrons. The van der Waals surface area contributed by atoms with Crippen molar-refractivity contribution >= 4 is 17.1 Å². The Morgan fingerprint density at radius 2 is 2.07 bits per heavy atom. The first kappa shape index (κ1) is 19.1. The maximum Gasteiger partial charge on any atom is 0.255 e. The molecule has 1 aliphatic carbocycles. The van der Waals surface area contributed by atoms with Crippen LogP contribution >= 0.6 is 0 Å². The van der Waals surface area contributed by atoms with Gasteiger partial charge in [0.1, 0.15) is 11.8 Å². The summed E-state index contributed by atoms with van der Waals surface area (Å²) < 4.78 is 12.2. The molecule has 0 saturated heterocycles. The lowest BCUT2D eigenvalue weighted by Gasteiger charge is -2.09. The van der Waals surface area contributed by atoms with E-state index in [0.717, 1.165) is 11.3 Å². The zero-order valence-electron chi connectivity index (χ0n) is 16.5. The Morgan fingerprint density at radius 3 is 2.76 bits per heavy atom. The Labute approximate surface area is 166 Å². The first-order valence-corrected chi connectivity index (χ1v) is 9.19. The topological polar surface area (TPSA) is 124 Å². The van der Waals surface area contributed by atoms with Gasteiger partial charge in [-0.05, 0) is 19.8 Å². The second-order valence-electron chi connectivity index (χ2n) is 7.12. The standard InChI is InChI=1S/C19H22N6O4/c1-11-13(22-10-23-18(11)29-3)8-25-7-12(17(26)21-9-19(27)4-5-19)15-16(25)24-14(28-2)6-20-15/h6-7,10,27H,4-5,8-9H2,1-3H3,(H,21,26). The van der Waals surface area contributed by atoms with E-state index in [2.05, 4.69) is 25.3 Å². The summed E-state index contributed by atoms with van der Waals surface area (Å²) in [4.78, 5) is 30.0. The van der Waals surface area contributed by atoms with E-state index in [9.17, 15) is 9.90 Å². The lowest BCUT2D eigenvalue weighted by molar-refractivity contribution is 0.0897. The highest BCUT2D eigenvalue weighted by molar-refractivity contribution is 6.04. The number of fused-ring (bicyclic) bond motifs is 1. The fraction of sp³-hybridized carbons (Fsp3) is 0.421. The van der Waals surface area contributed by atoms with E-state index in [0.29, 0.717) is 47.9 Å². The van der Waals surface area contributed by atoms with Crippen LogP contribution in [-0.2, 0) is 6.54 Å². The fourth-order valence-corrected chi connectivity index (χ4v) is 3.07. The molecule has 1 fully saturated rings. The maximum atomic E-state index is 12.7. The molecule has 10 heteroatoms. The fourth-order valence-electron chi connectivity index (χ4n) is 3.07. The number of aromatic nitrogens is 5. The molecule has 0 bridgehead atoms. The number of carbonyl (C=O) groups is 1. The number of aliphatic hydroxyl groups is 1. The number of hydrogen-bond acceptors (Lipinski definition) is 8. The van der Waals surface area contributed by atoms with Crippen molar-refractivity contribution in [3.05, 3.63) is 35.5 Å². The first-order chi connectivity index (χ1) is 13.9. The number of nitrogens with zero attached hydrogens (tertiary/aromatic N) is 5. The molecule has 10 nitrogen and oxygen atoms in total. The minimum atomic E-state index is -0.780. The minimum absolute atomic E-state index is 0.213. The number of rotatable bonds is 7. The second kappa shape index (κ2) is 7.28.